The van der Waals surface area contributed by atoms with Crippen LogP contribution < -0.4 is 10.6 Å². The molecule has 2 aromatic rings. The molecule has 6 nitrogen and oxygen atoms in total. The zero-order valence-corrected chi connectivity index (χ0v) is 15.0. The summed E-state index contributed by atoms with van der Waals surface area (Å²) in [5, 5.41) is 5.27. The Morgan fingerprint density at radius 2 is 1.63 bits per heavy atom. The Balaban J connectivity index is 1.63. The maximum absolute atomic E-state index is 12.8. The second kappa shape index (κ2) is 10.1. The molecule has 0 aliphatic carbocycles. The molecular formula is C20H21FN2O4. The topological polar surface area (TPSA) is 84.5 Å². The number of halogens is 1. The lowest BCUT2D eigenvalue weighted by molar-refractivity contribution is -0.147. The molecule has 0 spiro atoms. The zero-order chi connectivity index (χ0) is 19.6. The van der Waals surface area contributed by atoms with Crippen molar-refractivity contribution in [1.82, 2.24) is 0 Å². The Morgan fingerprint density at radius 3 is 2.33 bits per heavy atom. The van der Waals surface area contributed by atoms with Crippen LogP contribution in [0.5, 0.6) is 0 Å². The predicted octanol–water partition coefficient (Wildman–Crippen LogP) is 3.42. The highest BCUT2D eigenvalue weighted by Gasteiger charge is 2.10. The smallest absolute Gasteiger partial charge is 0.306 e. The Labute approximate surface area is 156 Å². The van der Waals surface area contributed by atoms with Crippen molar-refractivity contribution in [3.8, 4) is 0 Å². The van der Waals surface area contributed by atoms with Crippen molar-refractivity contribution in [3.05, 3.63) is 59.9 Å². The Hall–Kier alpha value is -3.22. The monoisotopic (exact) mass is 372 g/mol. The average molecular weight is 372 g/mol. The summed E-state index contributed by atoms with van der Waals surface area (Å²) in [5.41, 5.74) is 2.10. The van der Waals surface area contributed by atoms with Crippen molar-refractivity contribution in [2.45, 2.75) is 26.2 Å². The molecule has 0 aromatic heterocycles. The first-order valence-corrected chi connectivity index (χ1v) is 8.50. The summed E-state index contributed by atoms with van der Waals surface area (Å²) in [4.78, 5) is 35.2. The highest BCUT2D eigenvalue weighted by Crippen LogP contribution is 2.14. The van der Waals surface area contributed by atoms with Crippen LogP contribution >= 0.6 is 0 Å². The van der Waals surface area contributed by atoms with E-state index in [9.17, 15) is 18.8 Å². The van der Waals surface area contributed by atoms with Crippen molar-refractivity contribution in [2.24, 2.45) is 0 Å². The standard InChI is InChI=1S/C20H21FN2O4/c1-14-5-2-3-6-17(14)23-18(24)7-4-8-20(26)27-13-19(25)22-16-11-9-15(21)10-12-16/h2-3,5-6,9-12H,4,7-8,13H2,1H3,(H,22,25)(H,23,24). The van der Waals surface area contributed by atoms with Crippen LogP contribution in [0.25, 0.3) is 0 Å². The van der Waals surface area contributed by atoms with E-state index in [4.69, 9.17) is 4.74 Å². The van der Waals surface area contributed by atoms with E-state index in [0.717, 1.165) is 11.3 Å². The number of amides is 2. The van der Waals surface area contributed by atoms with Gasteiger partial charge in [-0.15, -0.1) is 0 Å². The van der Waals surface area contributed by atoms with Gasteiger partial charge in [-0.1, -0.05) is 18.2 Å². The highest BCUT2D eigenvalue weighted by atomic mass is 19.1. The van der Waals surface area contributed by atoms with Gasteiger partial charge in [-0.3, -0.25) is 14.4 Å². The fourth-order valence-electron chi connectivity index (χ4n) is 2.27. The average Bonchev–Trinajstić information content (AvgIpc) is 2.64. The Morgan fingerprint density at radius 1 is 0.926 bits per heavy atom. The van der Waals surface area contributed by atoms with Gasteiger partial charge < -0.3 is 15.4 Å². The van der Waals surface area contributed by atoms with Gasteiger partial charge in [0.05, 0.1) is 0 Å². The highest BCUT2D eigenvalue weighted by molar-refractivity contribution is 5.93. The van der Waals surface area contributed by atoms with Gasteiger partial charge in [0.1, 0.15) is 5.82 Å². The van der Waals surface area contributed by atoms with E-state index in [-0.39, 0.29) is 18.7 Å². The number of carbonyl (C=O) groups is 3. The molecule has 7 heteroatoms. The van der Waals surface area contributed by atoms with E-state index >= 15 is 0 Å². The quantitative estimate of drug-likeness (QED) is 0.696. The number of carbonyl (C=O) groups excluding carboxylic acids is 3. The Bertz CT molecular complexity index is 806. The number of aryl methyl sites for hydroxylation is 1. The van der Waals surface area contributed by atoms with Crippen LogP contribution in [-0.4, -0.2) is 24.4 Å². The SMILES string of the molecule is Cc1ccccc1NC(=O)CCCC(=O)OCC(=O)Nc1ccc(F)cc1. The minimum atomic E-state index is -0.562. The molecule has 0 fully saturated rings. The van der Waals surface area contributed by atoms with Crippen molar-refractivity contribution in [1.29, 1.82) is 0 Å². The minimum absolute atomic E-state index is 0.0328. The number of rotatable bonds is 8. The summed E-state index contributed by atoms with van der Waals surface area (Å²) < 4.78 is 17.6. The molecule has 27 heavy (non-hydrogen) atoms. The first-order chi connectivity index (χ1) is 12.9. The van der Waals surface area contributed by atoms with E-state index in [1.54, 1.807) is 6.07 Å². The molecular weight excluding hydrogens is 351 g/mol. The lowest BCUT2D eigenvalue weighted by atomic mass is 10.2. The number of nitrogens with one attached hydrogen (secondary N) is 2. The summed E-state index contributed by atoms with van der Waals surface area (Å²) in [6.07, 6.45) is 0.520. The van der Waals surface area contributed by atoms with Gasteiger partial charge in [0.15, 0.2) is 6.61 Å². The lowest BCUT2D eigenvalue weighted by Crippen LogP contribution is -2.21. The van der Waals surface area contributed by atoms with Crippen LogP contribution in [0.3, 0.4) is 0 Å². The predicted molar refractivity (Wildman–Crippen MR) is 99.6 cm³/mol. The number of anilines is 2. The second-order valence-electron chi connectivity index (χ2n) is 5.93. The molecule has 2 amide bonds. The second-order valence-corrected chi connectivity index (χ2v) is 5.93. The lowest BCUT2D eigenvalue weighted by Gasteiger charge is -2.08. The van der Waals surface area contributed by atoms with Crippen molar-refractivity contribution < 1.29 is 23.5 Å². The molecule has 2 aromatic carbocycles. The molecule has 0 saturated heterocycles. The fraction of sp³-hybridized carbons (Fsp3) is 0.250. The molecule has 2 N–H and O–H groups in total. The molecule has 0 heterocycles. The summed E-state index contributed by atoms with van der Waals surface area (Å²) in [5.74, 6) is -1.68. The number of para-hydroxylation sites is 1. The number of hydrogen-bond acceptors (Lipinski definition) is 4. The number of ether oxygens (including phenoxy) is 1. The molecule has 0 radical (unpaired) electrons. The molecule has 0 aliphatic heterocycles. The molecule has 0 aliphatic rings. The Kier molecular flexibility index (Phi) is 7.49. The number of esters is 1. The van der Waals surface area contributed by atoms with E-state index in [1.165, 1.54) is 24.3 Å². The third-order valence-electron chi connectivity index (χ3n) is 3.70. The van der Waals surface area contributed by atoms with Gasteiger partial charge in [0.2, 0.25) is 5.91 Å². The van der Waals surface area contributed by atoms with Crippen LogP contribution in [0.1, 0.15) is 24.8 Å². The molecule has 0 atom stereocenters. The summed E-state index contributed by atoms with van der Waals surface area (Å²) in [6, 6.07) is 12.6. The normalized spacial score (nSPS) is 10.1. The van der Waals surface area contributed by atoms with E-state index < -0.39 is 24.3 Å². The van der Waals surface area contributed by atoms with E-state index in [2.05, 4.69) is 10.6 Å². The van der Waals surface area contributed by atoms with Gasteiger partial charge in [-0.2, -0.15) is 0 Å². The number of benzene rings is 2. The fourth-order valence-corrected chi connectivity index (χ4v) is 2.27. The molecule has 2 rings (SSSR count). The molecule has 142 valence electrons. The maximum Gasteiger partial charge on any atom is 0.306 e. The van der Waals surface area contributed by atoms with Crippen LogP contribution in [0.4, 0.5) is 15.8 Å². The summed E-state index contributed by atoms with van der Waals surface area (Å²) in [6.45, 7) is 1.45. The van der Waals surface area contributed by atoms with Gasteiger partial charge in [0.25, 0.3) is 5.91 Å². The van der Waals surface area contributed by atoms with Crippen LogP contribution in [0, 0.1) is 12.7 Å². The van der Waals surface area contributed by atoms with Crippen LogP contribution in [-0.2, 0) is 19.1 Å². The van der Waals surface area contributed by atoms with E-state index in [0.29, 0.717) is 12.1 Å². The summed E-state index contributed by atoms with van der Waals surface area (Å²) in [7, 11) is 0. The molecule has 0 bridgehead atoms. The van der Waals surface area contributed by atoms with Crippen LogP contribution in [0.15, 0.2) is 48.5 Å². The minimum Gasteiger partial charge on any atom is -0.456 e. The van der Waals surface area contributed by atoms with Gasteiger partial charge in [-0.05, 0) is 49.2 Å². The first-order valence-electron chi connectivity index (χ1n) is 8.50. The number of hydrogen-bond donors (Lipinski definition) is 2. The van der Waals surface area contributed by atoms with E-state index in [1.807, 2.05) is 25.1 Å². The van der Waals surface area contributed by atoms with Crippen molar-refractivity contribution in [3.63, 3.8) is 0 Å². The first kappa shape index (κ1) is 20.1. The van der Waals surface area contributed by atoms with Gasteiger partial charge in [0, 0.05) is 24.2 Å². The third-order valence-corrected chi connectivity index (χ3v) is 3.70. The van der Waals surface area contributed by atoms with Crippen molar-refractivity contribution >= 4 is 29.2 Å². The van der Waals surface area contributed by atoms with Crippen molar-refractivity contribution in [2.75, 3.05) is 17.2 Å². The summed E-state index contributed by atoms with van der Waals surface area (Å²) >= 11 is 0. The van der Waals surface area contributed by atoms with Gasteiger partial charge >= 0.3 is 5.97 Å². The largest absolute Gasteiger partial charge is 0.456 e. The zero-order valence-electron chi connectivity index (χ0n) is 15.0. The molecule has 0 saturated carbocycles. The third kappa shape index (κ3) is 7.27. The maximum atomic E-state index is 12.8. The molecule has 0 unspecified atom stereocenters. The van der Waals surface area contributed by atoms with Crippen LogP contribution in [0.2, 0.25) is 0 Å². The van der Waals surface area contributed by atoms with Gasteiger partial charge in [-0.25, -0.2) is 4.39 Å².